The monoisotopic (exact) mass is 822 g/mol. The lowest BCUT2D eigenvalue weighted by Crippen LogP contribution is -2.60. The molecule has 1 aliphatic rings. The van der Waals surface area contributed by atoms with E-state index in [4.69, 9.17) is 9.47 Å². The highest BCUT2D eigenvalue weighted by Crippen LogP contribution is 2.22. The second-order valence-electron chi connectivity index (χ2n) is 16.9. The predicted octanol–water partition coefficient (Wildman–Crippen LogP) is 10.5. The Morgan fingerprint density at radius 3 is 1.45 bits per heavy atom. The van der Waals surface area contributed by atoms with E-state index >= 15 is 0 Å². The number of carbonyl (C=O) groups is 1. The largest absolute Gasteiger partial charge is 0.394 e. The van der Waals surface area contributed by atoms with Crippen molar-refractivity contribution in [2.24, 2.45) is 0 Å². The van der Waals surface area contributed by atoms with E-state index < -0.39 is 49.5 Å². The summed E-state index contributed by atoms with van der Waals surface area (Å²) in [5.74, 6) is -0.191. The number of aliphatic hydroxyl groups excluding tert-OH is 5. The summed E-state index contributed by atoms with van der Waals surface area (Å²) < 4.78 is 11.2. The molecule has 1 amide bonds. The first-order valence-electron chi connectivity index (χ1n) is 24.2. The summed E-state index contributed by atoms with van der Waals surface area (Å²) in [6.07, 6.45) is 41.9. The van der Waals surface area contributed by atoms with Gasteiger partial charge in [-0.2, -0.15) is 0 Å². The van der Waals surface area contributed by atoms with Crippen molar-refractivity contribution >= 4 is 5.91 Å². The Morgan fingerprint density at radius 1 is 0.569 bits per heavy atom. The van der Waals surface area contributed by atoms with Gasteiger partial charge >= 0.3 is 0 Å². The molecule has 340 valence electrons. The van der Waals surface area contributed by atoms with Crippen LogP contribution < -0.4 is 5.32 Å². The lowest BCUT2D eigenvalue weighted by atomic mass is 9.99. The summed E-state index contributed by atoms with van der Waals surface area (Å²) in [6, 6.07) is -0.822. The van der Waals surface area contributed by atoms with Gasteiger partial charge in [-0.05, 0) is 57.8 Å². The molecule has 1 saturated heterocycles. The average Bonchev–Trinajstić information content (AvgIpc) is 3.22. The topological polar surface area (TPSA) is 149 Å². The Hall–Kier alpha value is -1.59. The molecule has 58 heavy (non-hydrogen) atoms. The van der Waals surface area contributed by atoms with Crippen molar-refractivity contribution in [2.45, 2.75) is 256 Å². The molecule has 1 fully saturated rings. The van der Waals surface area contributed by atoms with E-state index in [-0.39, 0.29) is 12.5 Å². The van der Waals surface area contributed by atoms with Crippen molar-refractivity contribution in [2.75, 3.05) is 13.2 Å². The molecule has 0 bridgehead atoms. The van der Waals surface area contributed by atoms with Crippen LogP contribution in [0.3, 0.4) is 0 Å². The molecule has 9 heteroatoms. The van der Waals surface area contributed by atoms with Crippen LogP contribution in [0.25, 0.3) is 0 Å². The fourth-order valence-corrected chi connectivity index (χ4v) is 7.52. The van der Waals surface area contributed by atoms with E-state index in [2.05, 4.69) is 43.5 Å². The second kappa shape index (κ2) is 39.5. The van der Waals surface area contributed by atoms with Crippen LogP contribution in [-0.2, 0) is 14.3 Å². The summed E-state index contributed by atoms with van der Waals surface area (Å²) in [5, 5.41) is 54.2. The van der Waals surface area contributed by atoms with Gasteiger partial charge in [-0.25, -0.2) is 0 Å². The lowest BCUT2D eigenvalue weighted by molar-refractivity contribution is -0.302. The Morgan fingerprint density at radius 2 is 0.983 bits per heavy atom. The number of rotatable bonds is 40. The Balaban J connectivity index is 2.36. The Kier molecular flexibility index (Phi) is 37.1. The molecule has 0 spiro atoms. The highest BCUT2D eigenvalue weighted by Gasteiger charge is 2.44. The molecule has 6 N–H and O–H groups in total. The number of allylic oxidation sites excluding steroid dienone is 5. The predicted molar refractivity (Wildman–Crippen MR) is 240 cm³/mol. The van der Waals surface area contributed by atoms with Gasteiger partial charge in [-0.1, -0.05) is 185 Å². The Labute approximate surface area is 355 Å². The quantitative estimate of drug-likeness (QED) is 0.0264. The SMILES string of the molecule is CCCCCCCCC/C=C\CCCCCCCCCC(=O)NC(COC1OC(CO)C(O)C(O)C1O)C(O)/C=C/CC/C=C/CCCCCCCCCCCCC. The van der Waals surface area contributed by atoms with Gasteiger partial charge < -0.3 is 40.3 Å². The maximum absolute atomic E-state index is 13.0. The van der Waals surface area contributed by atoms with E-state index in [1.54, 1.807) is 6.08 Å². The Bertz CT molecular complexity index is 1000. The van der Waals surface area contributed by atoms with Gasteiger partial charge in [-0.15, -0.1) is 0 Å². The second-order valence-corrected chi connectivity index (χ2v) is 16.9. The van der Waals surface area contributed by atoms with Crippen molar-refractivity contribution in [3.05, 3.63) is 36.5 Å². The van der Waals surface area contributed by atoms with Gasteiger partial charge in [0.25, 0.3) is 0 Å². The van der Waals surface area contributed by atoms with Gasteiger partial charge in [0.1, 0.15) is 24.4 Å². The van der Waals surface area contributed by atoms with Crippen LogP contribution in [0.2, 0.25) is 0 Å². The summed E-state index contributed by atoms with van der Waals surface area (Å²) in [7, 11) is 0. The van der Waals surface area contributed by atoms with E-state index in [1.807, 2.05) is 6.08 Å². The molecule has 0 aromatic rings. The molecule has 0 aromatic carbocycles. The zero-order chi connectivity index (χ0) is 42.3. The van der Waals surface area contributed by atoms with Crippen LogP contribution in [0.15, 0.2) is 36.5 Å². The zero-order valence-corrected chi connectivity index (χ0v) is 37.3. The third-order valence-electron chi connectivity index (χ3n) is 11.4. The number of nitrogens with one attached hydrogen (secondary N) is 1. The molecule has 9 nitrogen and oxygen atoms in total. The highest BCUT2D eigenvalue weighted by atomic mass is 16.7. The zero-order valence-electron chi connectivity index (χ0n) is 37.3. The van der Waals surface area contributed by atoms with Crippen LogP contribution in [-0.4, -0.2) is 87.5 Å². The molecule has 0 aromatic heterocycles. The van der Waals surface area contributed by atoms with Crippen LogP contribution in [0.5, 0.6) is 0 Å². The maximum atomic E-state index is 13.0. The number of aliphatic hydroxyl groups is 5. The minimum absolute atomic E-state index is 0.191. The van der Waals surface area contributed by atoms with Crippen molar-refractivity contribution in [1.82, 2.24) is 5.32 Å². The average molecular weight is 822 g/mol. The summed E-state index contributed by atoms with van der Waals surface area (Å²) in [4.78, 5) is 13.0. The van der Waals surface area contributed by atoms with Gasteiger partial charge in [-0.3, -0.25) is 4.79 Å². The lowest BCUT2D eigenvalue weighted by Gasteiger charge is -2.40. The summed E-state index contributed by atoms with van der Waals surface area (Å²) >= 11 is 0. The third-order valence-corrected chi connectivity index (χ3v) is 11.4. The fourth-order valence-electron chi connectivity index (χ4n) is 7.52. The highest BCUT2D eigenvalue weighted by molar-refractivity contribution is 5.76. The molecule has 1 aliphatic heterocycles. The third kappa shape index (κ3) is 29.6. The summed E-state index contributed by atoms with van der Waals surface area (Å²) in [6.45, 7) is 3.76. The van der Waals surface area contributed by atoms with Crippen molar-refractivity contribution in [3.8, 4) is 0 Å². The molecule has 0 radical (unpaired) electrons. The van der Waals surface area contributed by atoms with Crippen LogP contribution in [0.1, 0.15) is 213 Å². The van der Waals surface area contributed by atoms with Gasteiger partial charge in [0.05, 0.1) is 25.4 Å². The number of amides is 1. The number of ether oxygens (including phenoxy) is 2. The van der Waals surface area contributed by atoms with Crippen molar-refractivity contribution in [3.63, 3.8) is 0 Å². The number of hydrogen-bond acceptors (Lipinski definition) is 8. The fraction of sp³-hybridized carbons (Fsp3) is 0.857. The molecule has 7 unspecified atom stereocenters. The van der Waals surface area contributed by atoms with Crippen LogP contribution >= 0.6 is 0 Å². The molecule has 1 rings (SSSR count). The van der Waals surface area contributed by atoms with E-state index in [0.717, 1.165) is 51.4 Å². The minimum Gasteiger partial charge on any atom is -0.394 e. The van der Waals surface area contributed by atoms with E-state index in [9.17, 15) is 30.3 Å². The van der Waals surface area contributed by atoms with Crippen molar-refractivity contribution < 1.29 is 39.8 Å². The normalized spacial score (nSPS) is 21.1. The number of carbonyl (C=O) groups excluding carboxylic acids is 1. The maximum Gasteiger partial charge on any atom is 0.220 e. The molecule has 1 heterocycles. The van der Waals surface area contributed by atoms with Gasteiger partial charge in [0.15, 0.2) is 6.29 Å². The minimum atomic E-state index is -1.57. The van der Waals surface area contributed by atoms with Gasteiger partial charge in [0, 0.05) is 6.42 Å². The summed E-state index contributed by atoms with van der Waals surface area (Å²) in [5.41, 5.74) is 0. The van der Waals surface area contributed by atoms with Crippen molar-refractivity contribution in [1.29, 1.82) is 0 Å². The molecule has 0 aliphatic carbocycles. The smallest absolute Gasteiger partial charge is 0.220 e. The first-order valence-corrected chi connectivity index (χ1v) is 24.2. The standard InChI is InChI=1S/C49H91NO8/c1-3-5-7-9-11-13-15-17-19-21-23-25-27-29-31-33-35-37-39-45(53)50-42(41-57-49-48(56)47(55)46(54)44(40-51)58-49)43(52)38-36-34-32-30-28-26-24-22-20-18-16-14-12-10-8-6-4-2/h19,21,28,30,36,38,42-44,46-49,51-52,54-56H,3-18,20,22-27,29,31-35,37,39-41H2,1-2H3,(H,50,53)/b21-19-,30-28+,38-36+. The number of hydrogen-bond donors (Lipinski definition) is 6. The first-order chi connectivity index (χ1) is 28.3. The first kappa shape index (κ1) is 54.4. The van der Waals surface area contributed by atoms with E-state index in [0.29, 0.717) is 6.42 Å². The number of unbranched alkanes of at least 4 members (excludes halogenated alkanes) is 26. The molecular weight excluding hydrogens is 731 g/mol. The molecule has 7 atom stereocenters. The molecular formula is C49H91NO8. The van der Waals surface area contributed by atoms with E-state index in [1.165, 1.54) is 141 Å². The van der Waals surface area contributed by atoms with Crippen LogP contribution in [0.4, 0.5) is 0 Å². The van der Waals surface area contributed by atoms with Gasteiger partial charge in [0.2, 0.25) is 5.91 Å². The van der Waals surface area contributed by atoms with Crippen LogP contribution in [0, 0.1) is 0 Å². The molecule has 0 saturated carbocycles.